The van der Waals surface area contributed by atoms with Gasteiger partial charge in [0, 0.05) is 29.7 Å². The van der Waals surface area contributed by atoms with Gasteiger partial charge in [-0.25, -0.2) is 4.79 Å². The van der Waals surface area contributed by atoms with E-state index in [0.29, 0.717) is 24.2 Å². The van der Waals surface area contributed by atoms with Crippen molar-refractivity contribution in [3.63, 3.8) is 0 Å². The monoisotopic (exact) mass is 533 g/mol. The number of anilines is 1. The highest BCUT2D eigenvalue weighted by Crippen LogP contribution is 2.47. The van der Waals surface area contributed by atoms with Crippen LogP contribution in [0.25, 0.3) is 11.1 Å². The fraction of sp³-hybridized carbons (Fsp3) is 0.273. The van der Waals surface area contributed by atoms with Crippen molar-refractivity contribution in [1.29, 1.82) is 0 Å². The van der Waals surface area contributed by atoms with Gasteiger partial charge < -0.3 is 19.4 Å². The van der Waals surface area contributed by atoms with Crippen molar-refractivity contribution < 1.29 is 18.7 Å². The van der Waals surface area contributed by atoms with Crippen molar-refractivity contribution in [3.8, 4) is 16.9 Å². The van der Waals surface area contributed by atoms with Crippen LogP contribution in [0.4, 0.5) is 10.5 Å². The highest BCUT2D eigenvalue weighted by atomic mass is 16.5. The molecule has 1 saturated heterocycles. The van der Waals surface area contributed by atoms with Gasteiger partial charge in [0.05, 0.1) is 29.8 Å². The van der Waals surface area contributed by atoms with Crippen molar-refractivity contribution in [2.45, 2.75) is 50.9 Å². The zero-order chi connectivity index (χ0) is 27.6. The second-order valence-corrected chi connectivity index (χ2v) is 11.6. The van der Waals surface area contributed by atoms with E-state index in [4.69, 9.17) is 9.15 Å². The summed E-state index contributed by atoms with van der Waals surface area (Å²) < 4.78 is 11.8. The summed E-state index contributed by atoms with van der Waals surface area (Å²) in [6.07, 6.45) is 4.73. The lowest BCUT2D eigenvalue weighted by atomic mass is 9.83. The quantitative estimate of drug-likeness (QED) is 0.320. The minimum absolute atomic E-state index is 0.0523. The first-order chi connectivity index (χ1) is 19.2. The molecule has 0 saturated carbocycles. The van der Waals surface area contributed by atoms with E-state index in [9.17, 15) is 9.59 Å². The first-order valence-corrected chi connectivity index (χ1v) is 13.7. The number of ether oxygens (including phenoxy) is 1. The van der Waals surface area contributed by atoms with Crippen LogP contribution in [-0.4, -0.2) is 29.1 Å². The zero-order valence-electron chi connectivity index (χ0n) is 22.8. The predicted octanol–water partition coefficient (Wildman–Crippen LogP) is 6.65. The summed E-state index contributed by atoms with van der Waals surface area (Å²) in [7, 11) is 0. The summed E-state index contributed by atoms with van der Waals surface area (Å²) in [6, 6.07) is 23.1. The van der Waals surface area contributed by atoms with Gasteiger partial charge in [-0.3, -0.25) is 9.69 Å². The largest absolute Gasteiger partial charge is 0.472 e. The molecule has 1 aromatic heterocycles. The molecule has 0 spiro atoms. The van der Waals surface area contributed by atoms with Crippen molar-refractivity contribution >= 4 is 17.6 Å². The van der Waals surface area contributed by atoms with Crippen LogP contribution < -0.4 is 15.0 Å². The molecule has 3 amide bonds. The number of nitrogens with one attached hydrogen (secondary N) is 1. The van der Waals surface area contributed by atoms with Crippen LogP contribution in [0.1, 0.15) is 60.3 Å². The minimum Gasteiger partial charge on any atom is -0.472 e. The van der Waals surface area contributed by atoms with E-state index in [1.165, 1.54) is 11.1 Å². The van der Waals surface area contributed by atoms with Gasteiger partial charge in [0.25, 0.3) is 5.91 Å². The molecule has 40 heavy (non-hydrogen) atoms. The molecule has 3 aliphatic heterocycles. The van der Waals surface area contributed by atoms with Crippen molar-refractivity contribution in [2.24, 2.45) is 0 Å². The number of urea groups is 1. The van der Waals surface area contributed by atoms with Crippen molar-refractivity contribution in [3.05, 3.63) is 108 Å². The van der Waals surface area contributed by atoms with Crippen LogP contribution in [-0.2, 0) is 12.0 Å². The van der Waals surface area contributed by atoms with Crippen LogP contribution in [0.15, 0.2) is 89.7 Å². The number of rotatable bonds is 3. The maximum Gasteiger partial charge on any atom is 0.325 e. The molecule has 0 aliphatic carbocycles. The van der Waals surface area contributed by atoms with Crippen molar-refractivity contribution in [2.75, 3.05) is 11.4 Å². The number of carbonyl (C=O) groups is 2. The van der Waals surface area contributed by atoms with Crippen LogP contribution in [0.5, 0.6) is 5.75 Å². The second-order valence-electron chi connectivity index (χ2n) is 11.6. The summed E-state index contributed by atoms with van der Waals surface area (Å²) in [6.45, 7) is 6.76. The average Bonchev–Trinajstić information content (AvgIpc) is 3.48. The summed E-state index contributed by atoms with van der Waals surface area (Å²) in [5.74, 6) is 0.681. The van der Waals surface area contributed by atoms with Gasteiger partial charge in [-0.1, -0.05) is 36.4 Å². The Hall–Kier alpha value is -4.52. The van der Waals surface area contributed by atoms with Gasteiger partial charge in [-0.15, -0.1) is 0 Å². The van der Waals surface area contributed by atoms with Gasteiger partial charge in [-0.2, -0.15) is 0 Å². The van der Waals surface area contributed by atoms with Crippen LogP contribution in [0.3, 0.4) is 0 Å². The standard InChI is InChI=1S/C33H31N3O4/c1-32(2)27-10-5-4-7-21(27)13-15-35(32)30(37)23-8-6-9-25(17-23)36-31(38)34-28-19-33(36,3)40-29-12-11-22(18-26(28)29)24-14-16-39-20-24/h4-12,14,16-18,20,28H,13,15,19H2,1-3H3,(H,34,38). The molecule has 2 bridgehead atoms. The molecule has 3 aliphatic rings. The Balaban J connectivity index is 1.20. The van der Waals surface area contributed by atoms with E-state index in [1.807, 2.05) is 60.4 Å². The Morgan fingerprint density at radius 1 is 0.975 bits per heavy atom. The smallest absolute Gasteiger partial charge is 0.325 e. The lowest BCUT2D eigenvalue weighted by molar-refractivity contribution is 0.0377. The Morgan fingerprint density at radius 2 is 1.82 bits per heavy atom. The molecule has 7 rings (SSSR count). The molecule has 1 fully saturated rings. The first kappa shape index (κ1) is 24.5. The maximum atomic E-state index is 13.9. The summed E-state index contributed by atoms with van der Waals surface area (Å²) in [4.78, 5) is 31.1. The Morgan fingerprint density at radius 3 is 2.65 bits per heavy atom. The average molecular weight is 534 g/mol. The van der Waals surface area contributed by atoms with Crippen molar-refractivity contribution in [1.82, 2.24) is 10.2 Å². The van der Waals surface area contributed by atoms with E-state index in [-0.39, 0.29) is 18.0 Å². The number of furan rings is 1. The molecule has 0 radical (unpaired) electrons. The zero-order valence-corrected chi connectivity index (χ0v) is 22.8. The molecule has 202 valence electrons. The molecule has 1 N–H and O–H groups in total. The van der Waals surface area contributed by atoms with E-state index in [1.54, 1.807) is 17.4 Å². The molecule has 4 aromatic rings. The van der Waals surface area contributed by atoms with Crippen LogP contribution in [0.2, 0.25) is 0 Å². The van der Waals surface area contributed by atoms with Crippen LogP contribution in [0, 0.1) is 0 Å². The number of fused-ring (bicyclic) bond motifs is 5. The summed E-state index contributed by atoms with van der Waals surface area (Å²) >= 11 is 0. The third-order valence-electron chi connectivity index (χ3n) is 8.68. The van der Waals surface area contributed by atoms with E-state index in [0.717, 1.165) is 28.9 Å². The molecule has 2 unspecified atom stereocenters. The molecule has 3 aromatic carbocycles. The van der Waals surface area contributed by atoms with Gasteiger partial charge in [0.15, 0.2) is 5.72 Å². The van der Waals surface area contributed by atoms with E-state index >= 15 is 0 Å². The number of nitrogens with zero attached hydrogens (tertiary/aromatic N) is 2. The summed E-state index contributed by atoms with van der Waals surface area (Å²) in [5, 5.41) is 3.17. The minimum atomic E-state index is -0.915. The summed E-state index contributed by atoms with van der Waals surface area (Å²) in [5.41, 5.74) is 5.18. The number of benzene rings is 3. The molecule has 7 nitrogen and oxygen atoms in total. The first-order valence-electron chi connectivity index (χ1n) is 13.7. The second kappa shape index (κ2) is 8.74. The Labute approximate surface area is 233 Å². The van der Waals surface area contributed by atoms with Gasteiger partial charge in [0.2, 0.25) is 0 Å². The fourth-order valence-corrected chi connectivity index (χ4v) is 6.66. The lowest BCUT2D eigenvalue weighted by Gasteiger charge is -2.50. The fourth-order valence-electron chi connectivity index (χ4n) is 6.66. The Kier molecular flexibility index (Phi) is 5.36. The number of hydrogen-bond acceptors (Lipinski definition) is 4. The topological polar surface area (TPSA) is 75.0 Å². The number of amides is 3. The van der Waals surface area contributed by atoms with Crippen LogP contribution >= 0.6 is 0 Å². The predicted molar refractivity (Wildman–Crippen MR) is 152 cm³/mol. The highest BCUT2D eigenvalue weighted by molar-refractivity contribution is 5.99. The van der Waals surface area contributed by atoms with Gasteiger partial charge in [-0.05, 0) is 80.3 Å². The lowest BCUT2D eigenvalue weighted by Crippen LogP contribution is -2.65. The van der Waals surface area contributed by atoms with Gasteiger partial charge >= 0.3 is 6.03 Å². The Bertz CT molecular complexity index is 1640. The number of hydrogen-bond donors (Lipinski definition) is 1. The molecule has 2 atom stereocenters. The molecular weight excluding hydrogens is 502 g/mol. The maximum absolute atomic E-state index is 13.9. The molecule has 7 heteroatoms. The van der Waals surface area contributed by atoms with E-state index < -0.39 is 11.3 Å². The SMILES string of the molecule is CC12CC(NC(=O)N1c1cccc(C(=O)N3CCc4ccccc4C3(C)C)c1)c1cc(-c3ccoc3)ccc1O2. The van der Waals surface area contributed by atoms with E-state index in [2.05, 4.69) is 43.4 Å². The van der Waals surface area contributed by atoms with Gasteiger partial charge in [0.1, 0.15) is 5.75 Å². The molecule has 4 heterocycles. The highest BCUT2D eigenvalue weighted by Gasteiger charge is 2.50. The third-order valence-corrected chi connectivity index (χ3v) is 8.68. The normalized spacial score (nSPS) is 22.6. The molecular formula is C33H31N3O4. The third kappa shape index (κ3) is 3.72. The number of carbonyl (C=O) groups excluding carboxylic acids is 2.